The average Bonchev–Trinajstić information content (AvgIpc) is 3.13. The normalized spacial score (nSPS) is 17.2. The van der Waals surface area contributed by atoms with Crippen LogP contribution in [0.1, 0.15) is 23.8 Å². The van der Waals surface area contributed by atoms with Crippen molar-refractivity contribution in [3.05, 3.63) is 76.1 Å². The van der Waals surface area contributed by atoms with Crippen molar-refractivity contribution < 1.29 is 14.0 Å². The summed E-state index contributed by atoms with van der Waals surface area (Å²) < 4.78 is 5.25. The number of rotatable bonds is 4. The zero-order valence-corrected chi connectivity index (χ0v) is 14.3. The fraction of sp³-hybridized carbons (Fsp3) is 0.158. The molecule has 0 bridgehead atoms. The number of hydrogen-bond donors (Lipinski definition) is 0. The zero-order valence-electron chi connectivity index (χ0n) is 13.5. The molecule has 3 rings (SSSR count). The minimum Gasteiger partial charge on any atom is -0.465 e. The van der Waals surface area contributed by atoms with E-state index >= 15 is 0 Å². The molecule has 2 aromatic rings. The van der Waals surface area contributed by atoms with Crippen LogP contribution in [0.4, 0.5) is 4.79 Å². The first-order valence-electron chi connectivity index (χ1n) is 7.55. The molecule has 0 atom stereocenters. The summed E-state index contributed by atoms with van der Waals surface area (Å²) >= 11 is 0.972. The molecule has 5 heteroatoms. The lowest BCUT2D eigenvalue weighted by Crippen LogP contribution is -2.27. The lowest BCUT2D eigenvalue weighted by molar-refractivity contribution is -0.123. The zero-order chi connectivity index (χ0) is 17.1. The monoisotopic (exact) mass is 339 g/mol. The number of hydrogen-bond acceptors (Lipinski definition) is 4. The summed E-state index contributed by atoms with van der Waals surface area (Å²) in [4.78, 5) is 26.4. The van der Waals surface area contributed by atoms with Crippen LogP contribution < -0.4 is 0 Å². The number of nitrogens with zero attached hydrogens (tertiary/aromatic N) is 1. The molecule has 4 nitrogen and oxygen atoms in total. The van der Waals surface area contributed by atoms with Gasteiger partial charge in [-0.25, -0.2) is 0 Å². The number of thioether (sulfide) groups is 1. The number of furan rings is 1. The highest BCUT2D eigenvalue weighted by Crippen LogP contribution is 2.32. The maximum atomic E-state index is 12.5. The number of amides is 2. The lowest BCUT2D eigenvalue weighted by atomic mass is 10.1. The van der Waals surface area contributed by atoms with Crippen LogP contribution in [0, 0.1) is 6.92 Å². The number of aryl methyl sites for hydroxylation is 1. The summed E-state index contributed by atoms with van der Waals surface area (Å²) in [6, 6.07) is 11.4. The molecular formula is C19H17NO3S. The van der Waals surface area contributed by atoms with Gasteiger partial charge in [-0.15, -0.1) is 0 Å². The Bertz CT molecular complexity index is 817. The first-order valence-corrected chi connectivity index (χ1v) is 8.37. The van der Waals surface area contributed by atoms with E-state index in [1.54, 1.807) is 18.4 Å². The van der Waals surface area contributed by atoms with Crippen LogP contribution in [0.5, 0.6) is 0 Å². The molecule has 1 aliphatic heterocycles. The Morgan fingerprint density at radius 2 is 1.96 bits per heavy atom. The molecule has 1 saturated heterocycles. The predicted molar refractivity (Wildman–Crippen MR) is 95.2 cm³/mol. The second kappa shape index (κ2) is 6.93. The molecule has 0 spiro atoms. The van der Waals surface area contributed by atoms with Crippen LogP contribution in [-0.4, -0.2) is 16.0 Å². The lowest BCUT2D eigenvalue weighted by Gasteiger charge is -2.12. The number of benzene rings is 1. The molecule has 0 radical (unpaired) electrons. The topological polar surface area (TPSA) is 50.5 Å². The van der Waals surface area contributed by atoms with E-state index in [9.17, 15) is 9.59 Å². The summed E-state index contributed by atoms with van der Waals surface area (Å²) in [5.74, 6) is 0.459. The molecule has 2 amide bonds. The summed E-state index contributed by atoms with van der Waals surface area (Å²) in [5.41, 5.74) is 2.93. The van der Waals surface area contributed by atoms with Crippen LogP contribution in [0.3, 0.4) is 0 Å². The molecule has 2 heterocycles. The van der Waals surface area contributed by atoms with Gasteiger partial charge in [-0.05, 0) is 61.0 Å². The van der Waals surface area contributed by atoms with Crippen molar-refractivity contribution in [3.8, 4) is 0 Å². The van der Waals surface area contributed by atoms with Crippen molar-refractivity contribution in [3.63, 3.8) is 0 Å². The quantitative estimate of drug-likeness (QED) is 0.753. The van der Waals surface area contributed by atoms with Gasteiger partial charge in [-0.1, -0.05) is 29.8 Å². The second-order valence-corrected chi connectivity index (χ2v) is 6.65. The van der Waals surface area contributed by atoms with Crippen LogP contribution >= 0.6 is 11.8 Å². The first kappa shape index (κ1) is 16.3. The fourth-order valence-electron chi connectivity index (χ4n) is 2.36. The molecule has 0 unspecified atom stereocenters. The smallest absolute Gasteiger partial charge is 0.293 e. The molecule has 1 aromatic carbocycles. The van der Waals surface area contributed by atoms with Gasteiger partial charge in [0.1, 0.15) is 5.76 Å². The third kappa shape index (κ3) is 3.68. The number of carbonyl (C=O) groups is 2. The highest BCUT2D eigenvalue weighted by molar-refractivity contribution is 8.18. The fourth-order valence-corrected chi connectivity index (χ4v) is 3.25. The molecule has 24 heavy (non-hydrogen) atoms. The van der Waals surface area contributed by atoms with Crippen LogP contribution in [0.15, 0.2) is 63.6 Å². The molecule has 122 valence electrons. The predicted octanol–water partition coefficient (Wildman–Crippen LogP) is 4.77. The Morgan fingerprint density at radius 3 is 2.62 bits per heavy atom. The van der Waals surface area contributed by atoms with Crippen molar-refractivity contribution in [2.45, 2.75) is 20.4 Å². The van der Waals surface area contributed by atoms with E-state index in [-0.39, 0.29) is 11.1 Å². The van der Waals surface area contributed by atoms with Gasteiger partial charge in [0, 0.05) is 0 Å². The minimum absolute atomic E-state index is 0.238. The number of carbonyl (C=O) groups excluding carboxylic acids is 2. The Hall–Kier alpha value is -2.53. The van der Waals surface area contributed by atoms with Crippen LogP contribution in [0.25, 0.3) is 6.08 Å². The van der Waals surface area contributed by atoms with Gasteiger partial charge >= 0.3 is 0 Å². The maximum Gasteiger partial charge on any atom is 0.293 e. The van der Waals surface area contributed by atoms with E-state index < -0.39 is 0 Å². The third-order valence-electron chi connectivity index (χ3n) is 3.61. The highest BCUT2D eigenvalue weighted by Gasteiger charge is 2.34. The van der Waals surface area contributed by atoms with Gasteiger partial charge in [0.25, 0.3) is 11.1 Å². The van der Waals surface area contributed by atoms with Gasteiger partial charge in [0.2, 0.25) is 0 Å². The standard InChI is InChI=1S/C19H17NO3S/c1-13-5-7-15(8-6-13)12-20-18(21)17(24-19(20)22)11-14(2)10-16-4-3-9-23-16/h3-11H,12H2,1-2H3/b14-10+,17-11-. The van der Waals surface area contributed by atoms with Crippen molar-refractivity contribution in [2.24, 2.45) is 0 Å². The molecule has 1 aromatic heterocycles. The van der Waals surface area contributed by atoms with Gasteiger partial charge in [0.05, 0.1) is 17.7 Å². The third-order valence-corrected chi connectivity index (χ3v) is 4.51. The van der Waals surface area contributed by atoms with Crippen LogP contribution in [-0.2, 0) is 11.3 Å². The largest absolute Gasteiger partial charge is 0.465 e. The highest BCUT2D eigenvalue weighted by atomic mass is 32.2. The van der Waals surface area contributed by atoms with Crippen molar-refractivity contribution >= 4 is 29.0 Å². The summed E-state index contributed by atoms with van der Waals surface area (Å²) in [6.07, 6.45) is 5.14. The first-order chi connectivity index (χ1) is 11.5. The molecular weight excluding hydrogens is 322 g/mol. The molecule has 1 aliphatic rings. The maximum absolute atomic E-state index is 12.5. The molecule has 1 fully saturated rings. The number of imide groups is 1. The Labute approximate surface area is 144 Å². The van der Waals surface area contributed by atoms with Gasteiger partial charge in [0.15, 0.2) is 0 Å². The van der Waals surface area contributed by atoms with Gasteiger partial charge in [-0.3, -0.25) is 14.5 Å². The van der Waals surface area contributed by atoms with Crippen molar-refractivity contribution in [2.75, 3.05) is 0 Å². The Kier molecular flexibility index (Phi) is 4.71. The van der Waals surface area contributed by atoms with Gasteiger partial charge < -0.3 is 4.42 Å². The molecule has 0 aliphatic carbocycles. The van der Waals surface area contributed by atoms with E-state index in [1.807, 2.05) is 50.3 Å². The number of allylic oxidation sites excluding steroid dienone is 2. The Morgan fingerprint density at radius 1 is 1.21 bits per heavy atom. The van der Waals surface area contributed by atoms with Gasteiger partial charge in [-0.2, -0.15) is 0 Å². The van der Waals surface area contributed by atoms with E-state index in [1.165, 1.54) is 4.90 Å². The molecule has 0 N–H and O–H groups in total. The van der Waals surface area contributed by atoms with Crippen molar-refractivity contribution in [1.82, 2.24) is 4.90 Å². The van der Waals surface area contributed by atoms with E-state index in [4.69, 9.17) is 4.42 Å². The second-order valence-electron chi connectivity index (χ2n) is 5.66. The van der Waals surface area contributed by atoms with Crippen molar-refractivity contribution in [1.29, 1.82) is 0 Å². The molecule has 0 saturated carbocycles. The van der Waals surface area contributed by atoms with Crippen LogP contribution in [0.2, 0.25) is 0 Å². The Balaban J connectivity index is 1.76. The average molecular weight is 339 g/mol. The SMILES string of the molecule is CC(/C=C1\SC(=O)N(Cc2ccc(C)cc2)C1=O)=C\c1ccco1. The summed E-state index contributed by atoms with van der Waals surface area (Å²) in [7, 11) is 0. The van der Waals surface area contributed by atoms with E-state index in [0.29, 0.717) is 17.2 Å². The van der Waals surface area contributed by atoms with E-state index in [2.05, 4.69) is 0 Å². The summed E-state index contributed by atoms with van der Waals surface area (Å²) in [6.45, 7) is 4.17. The van der Waals surface area contributed by atoms with E-state index in [0.717, 1.165) is 28.5 Å². The summed E-state index contributed by atoms with van der Waals surface area (Å²) in [5, 5.41) is -0.238. The minimum atomic E-state index is -0.252.